The van der Waals surface area contributed by atoms with E-state index in [1.54, 1.807) is 13.1 Å². The Hall–Kier alpha value is -1.99. The minimum atomic E-state index is -0.0330. The minimum absolute atomic E-state index is 0.0330. The van der Waals surface area contributed by atoms with E-state index in [0.29, 0.717) is 5.92 Å². The van der Waals surface area contributed by atoms with Crippen molar-refractivity contribution in [1.29, 1.82) is 0 Å². The Balaban J connectivity index is 1.50. The van der Waals surface area contributed by atoms with Crippen LogP contribution in [0.4, 0.5) is 0 Å². The zero-order valence-corrected chi connectivity index (χ0v) is 14.9. The first-order valence-electron chi connectivity index (χ1n) is 9.00. The van der Waals surface area contributed by atoms with Gasteiger partial charge in [0, 0.05) is 64.9 Å². The third kappa shape index (κ3) is 3.26. The van der Waals surface area contributed by atoms with E-state index in [-0.39, 0.29) is 11.7 Å². The molecule has 0 spiro atoms. The average Bonchev–Trinajstić information content (AvgIpc) is 3.03. The summed E-state index contributed by atoms with van der Waals surface area (Å²) in [4.78, 5) is 14.3. The topological polar surface area (TPSA) is 65.2 Å². The van der Waals surface area contributed by atoms with Crippen molar-refractivity contribution in [3.05, 3.63) is 45.6 Å². The molecule has 0 aliphatic carbocycles. The van der Waals surface area contributed by atoms with E-state index in [4.69, 9.17) is 4.74 Å². The van der Waals surface area contributed by atoms with Gasteiger partial charge in [0.05, 0.1) is 11.4 Å². The molecule has 2 aromatic heterocycles. The third-order valence-electron chi connectivity index (χ3n) is 5.40. The molecule has 2 aromatic rings. The molecule has 0 aromatic carbocycles. The normalized spacial score (nSPS) is 24.2. The standard InChI is InChI=1S/C18H25N5O2/c1-21-16(5-7-19-21)18-13(4-3-9-25-18)11-23-8-6-15-14(12-23)10-17(24)22(2)20-15/h5,7,10,13,18H,3-4,6,8-9,11-12H2,1-2H3/t13-,18+/m0/s1. The summed E-state index contributed by atoms with van der Waals surface area (Å²) in [5.41, 5.74) is 3.25. The Bertz CT molecular complexity index is 812. The van der Waals surface area contributed by atoms with Crippen molar-refractivity contribution in [2.45, 2.75) is 31.9 Å². The first-order chi connectivity index (χ1) is 12.1. The van der Waals surface area contributed by atoms with E-state index in [1.807, 2.05) is 17.9 Å². The van der Waals surface area contributed by atoms with Crippen LogP contribution in [0.1, 0.15) is 35.9 Å². The summed E-state index contributed by atoms with van der Waals surface area (Å²) in [5, 5.41) is 8.70. The van der Waals surface area contributed by atoms with Crippen LogP contribution in [0.3, 0.4) is 0 Å². The Morgan fingerprint density at radius 1 is 1.32 bits per heavy atom. The quantitative estimate of drug-likeness (QED) is 0.833. The molecule has 0 N–H and O–H groups in total. The first-order valence-corrected chi connectivity index (χ1v) is 9.00. The Morgan fingerprint density at radius 2 is 2.20 bits per heavy atom. The van der Waals surface area contributed by atoms with Crippen LogP contribution in [0.25, 0.3) is 0 Å². The molecule has 7 nitrogen and oxygen atoms in total. The number of rotatable bonds is 3. The zero-order chi connectivity index (χ0) is 17.4. The number of aryl methyl sites for hydroxylation is 2. The van der Waals surface area contributed by atoms with E-state index in [2.05, 4.69) is 21.2 Å². The molecule has 0 amide bonds. The van der Waals surface area contributed by atoms with Gasteiger partial charge in [0.2, 0.25) is 0 Å². The lowest BCUT2D eigenvalue weighted by molar-refractivity contribution is -0.0444. The van der Waals surface area contributed by atoms with Gasteiger partial charge in [-0.2, -0.15) is 10.2 Å². The van der Waals surface area contributed by atoms with Gasteiger partial charge in [-0.25, -0.2) is 4.68 Å². The second kappa shape index (κ2) is 6.72. The Labute approximate surface area is 147 Å². The van der Waals surface area contributed by atoms with Crippen LogP contribution in [0.2, 0.25) is 0 Å². The molecule has 2 aliphatic rings. The van der Waals surface area contributed by atoms with Gasteiger partial charge < -0.3 is 4.74 Å². The van der Waals surface area contributed by atoms with Crippen LogP contribution in [0, 0.1) is 5.92 Å². The molecule has 2 atom stereocenters. The molecule has 7 heteroatoms. The van der Waals surface area contributed by atoms with Gasteiger partial charge in [0.15, 0.2) is 0 Å². The van der Waals surface area contributed by atoms with E-state index in [1.165, 1.54) is 4.68 Å². The lowest BCUT2D eigenvalue weighted by Crippen LogP contribution is -2.40. The Morgan fingerprint density at radius 3 is 3.00 bits per heavy atom. The largest absolute Gasteiger partial charge is 0.372 e. The molecule has 2 aliphatic heterocycles. The van der Waals surface area contributed by atoms with Crippen LogP contribution >= 0.6 is 0 Å². The zero-order valence-electron chi connectivity index (χ0n) is 14.9. The van der Waals surface area contributed by atoms with Gasteiger partial charge in [0.25, 0.3) is 5.56 Å². The number of nitrogens with zero attached hydrogens (tertiary/aromatic N) is 5. The van der Waals surface area contributed by atoms with Crippen LogP contribution in [0.15, 0.2) is 23.1 Å². The smallest absolute Gasteiger partial charge is 0.266 e. The highest BCUT2D eigenvalue weighted by molar-refractivity contribution is 5.20. The molecular weight excluding hydrogens is 318 g/mol. The van der Waals surface area contributed by atoms with Crippen molar-refractivity contribution in [3.8, 4) is 0 Å². The predicted octanol–water partition coefficient (Wildman–Crippen LogP) is 1.04. The van der Waals surface area contributed by atoms with Gasteiger partial charge in [-0.05, 0) is 24.5 Å². The van der Waals surface area contributed by atoms with E-state index < -0.39 is 0 Å². The highest BCUT2D eigenvalue weighted by Crippen LogP contribution is 2.34. The van der Waals surface area contributed by atoms with Gasteiger partial charge in [-0.15, -0.1) is 0 Å². The molecule has 1 fully saturated rings. The van der Waals surface area contributed by atoms with Gasteiger partial charge in [-0.3, -0.25) is 14.4 Å². The number of hydrogen-bond acceptors (Lipinski definition) is 5. The summed E-state index contributed by atoms with van der Waals surface area (Å²) < 4.78 is 9.46. The summed E-state index contributed by atoms with van der Waals surface area (Å²) in [7, 11) is 3.69. The fourth-order valence-electron chi connectivity index (χ4n) is 4.06. The molecule has 0 unspecified atom stereocenters. The monoisotopic (exact) mass is 343 g/mol. The molecular formula is C18H25N5O2. The summed E-state index contributed by atoms with van der Waals surface area (Å²) in [6.45, 7) is 3.57. The van der Waals surface area contributed by atoms with E-state index in [0.717, 1.165) is 62.5 Å². The summed E-state index contributed by atoms with van der Waals surface area (Å²) in [6.07, 6.45) is 5.10. The lowest BCUT2D eigenvalue weighted by atomic mass is 9.90. The summed E-state index contributed by atoms with van der Waals surface area (Å²) in [6, 6.07) is 3.80. The minimum Gasteiger partial charge on any atom is -0.372 e. The summed E-state index contributed by atoms with van der Waals surface area (Å²) >= 11 is 0. The van der Waals surface area contributed by atoms with Crippen LogP contribution in [0.5, 0.6) is 0 Å². The molecule has 0 bridgehead atoms. The maximum atomic E-state index is 11.9. The van der Waals surface area contributed by atoms with Crippen molar-refractivity contribution < 1.29 is 4.74 Å². The van der Waals surface area contributed by atoms with Crippen molar-refractivity contribution in [2.24, 2.45) is 20.0 Å². The number of ether oxygens (including phenoxy) is 1. The first kappa shape index (κ1) is 16.5. The molecule has 0 radical (unpaired) electrons. The third-order valence-corrected chi connectivity index (χ3v) is 5.40. The van der Waals surface area contributed by atoms with Crippen molar-refractivity contribution in [2.75, 3.05) is 19.7 Å². The molecule has 0 saturated carbocycles. The highest BCUT2D eigenvalue weighted by atomic mass is 16.5. The summed E-state index contributed by atoms with van der Waals surface area (Å²) in [5.74, 6) is 0.449. The van der Waals surface area contributed by atoms with Crippen LogP contribution in [-0.4, -0.2) is 44.2 Å². The average molecular weight is 343 g/mol. The van der Waals surface area contributed by atoms with Crippen molar-refractivity contribution in [3.63, 3.8) is 0 Å². The van der Waals surface area contributed by atoms with Crippen LogP contribution in [-0.2, 0) is 31.8 Å². The maximum Gasteiger partial charge on any atom is 0.266 e. The second-order valence-corrected chi connectivity index (χ2v) is 7.14. The SMILES string of the molecule is Cn1nccc1[C@@H]1OCCC[C@H]1CN1CCc2nn(C)c(=O)cc2C1. The molecule has 4 heterocycles. The van der Waals surface area contributed by atoms with Crippen molar-refractivity contribution >= 4 is 0 Å². The van der Waals surface area contributed by atoms with E-state index in [9.17, 15) is 4.79 Å². The number of hydrogen-bond donors (Lipinski definition) is 0. The number of aromatic nitrogens is 4. The molecule has 25 heavy (non-hydrogen) atoms. The Kier molecular flexibility index (Phi) is 4.43. The fraction of sp³-hybridized carbons (Fsp3) is 0.611. The van der Waals surface area contributed by atoms with E-state index >= 15 is 0 Å². The highest BCUT2D eigenvalue weighted by Gasteiger charge is 2.32. The molecule has 4 rings (SSSR count). The predicted molar refractivity (Wildman–Crippen MR) is 93.1 cm³/mol. The second-order valence-electron chi connectivity index (χ2n) is 7.14. The van der Waals surface area contributed by atoms with Gasteiger partial charge in [-0.1, -0.05) is 0 Å². The van der Waals surface area contributed by atoms with Crippen LogP contribution < -0.4 is 5.56 Å². The van der Waals surface area contributed by atoms with Gasteiger partial charge in [0.1, 0.15) is 6.10 Å². The lowest BCUT2D eigenvalue weighted by Gasteiger charge is -2.37. The fourth-order valence-corrected chi connectivity index (χ4v) is 4.06. The van der Waals surface area contributed by atoms with Crippen molar-refractivity contribution in [1.82, 2.24) is 24.5 Å². The molecule has 1 saturated heterocycles. The molecule has 134 valence electrons. The maximum absolute atomic E-state index is 11.9. The van der Waals surface area contributed by atoms with Gasteiger partial charge >= 0.3 is 0 Å². The number of fused-ring (bicyclic) bond motifs is 1.